The molecule has 1 aliphatic heterocycles. The first-order valence-electron chi connectivity index (χ1n) is 17.3. The van der Waals surface area contributed by atoms with Crippen molar-refractivity contribution in [2.24, 2.45) is 5.92 Å². The number of carbonyl (C=O) groups is 2. The summed E-state index contributed by atoms with van der Waals surface area (Å²) in [5, 5.41) is 3.98. The molecular formula is C40H41ClF3N3O4. The van der Waals surface area contributed by atoms with Crippen molar-refractivity contribution in [2.45, 2.75) is 71.6 Å². The first-order chi connectivity index (χ1) is 24.5. The largest absolute Gasteiger partial charge is 0.466 e. The number of rotatable bonds is 11. The molecule has 2 aromatic heterocycles. The van der Waals surface area contributed by atoms with Gasteiger partial charge < -0.3 is 19.4 Å². The lowest BCUT2D eigenvalue weighted by Crippen LogP contribution is -2.35. The quantitative estimate of drug-likeness (QED) is 0.138. The number of nitrogens with zero attached hydrogens (tertiary/aromatic N) is 2. The molecule has 6 rings (SSSR count). The van der Waals surface area contributed by atoms with E-state index in [2.05, 4.69) is 5.32 Å². The molecule has 0 aliphatic carbocycles. The number of pyridine rings is 1. The number of halogens is 4. The van der Waals surface area contributed by atoms with E-state index in [1.807, 2.05) is 68.4 Å². The molecule has 7 nitrogen and oxygen atoms in total. The zero-order valence-electron chi connectivity index (χ0n) is 28.9. The molecule has 11 heteroatoms. The number of hydrogen-bond donors (Lipinski definition) is 1. The molecule has 3 heterocycles. The Morgan fingerprint density at radius 1 is 1.04 bits per heavy atom. The van der Waals surface area contributed by atoms with Crippen LogP contribution >= 0.6 is 11.6 Å². The normalized spacial score (nSPS) is 14.6. The highest BCUT2D eigenvalue weighted by molar-refractivity contribution is 6.32. The van der Waals surface area contributed by atoms with Crippen LogP contribution in [0.4, 0.5) is 13.2 Å². The Morgan fingerprint density at radius 3 is 2.41 bits per heavy atom. The van der Waals surface area contributed by atoms with Crippen LogP contribution in [-0.4, -0.2) is 41.2 Å². The topological polar surface area (TPSA) is 82.5 Å². The maximum Gasteiger partial charge on any atom is 0.417 e. The summed E-state index contributed by atoms with van der Waals surface area (Å²) < 4.78 is 54.9. The highest BCUT2D eigenvalue weighted by Crippen LogP contribution is 2.42. The van der Waals surface area contributed by atoms with Gasteiger partial charge in [0.2, 0.25) is 5.91 Å². The summed E-state index contributed by atoms with van der Waals surface area (Å²) in [4.78, 5) is 30.8. The Morgan fingerprint density at radius 2 is 1.75 bits per heavy atom. The van der Waals surface area contributed by atoms with E-state index in [1.165, 1.54) is 6.07 Å². The lowest BCUT2D eigenvalue weighted by atomic mass is 9.80. The number of nitrogens with one attached hydrogen (secondary N) is 1. The average Bonchev–Trinajstić information content (AvgIpc) is 3.39. The number of aryl methyl sites for hydroxylation is 2. The summed E-state index contributed by atoms with van der Waals surface area (Å²) in [5.74, 6) is -0.646. The molecule has 0 radical (unpaired) electrons. The first kappa shape index (κ1) is 36.4. The van der Waals surface area contributed by atoms with Crippen molar-refractivity contribution in [3.05, 3.63) is 111 Å². The van der Waals surface area contributed by atoms with E-state index in [1.54, 1.807) is 11.5 Å². The molecule has 1 amide bonds. The van der Waals surface area contributed by atoms with Crippen LogP contribution in [0.3, 0.4) is 0 Å². The minimum absolute atomic E-state index is 0.0497. The highest BCUT2D eigenvalue weighted by Gasteiger charge is 2.35. The van der Waals surface area contributed by atoms with Crippen molar-refractivity contribution in [3.63, 3.8) is 0 Å². The number of carbonyl (C=O) groups excluding carboxylic acids is 2. The van der Waals surface area contributed by atoms with Crippen LogP contribution in [0, 0.1) is 19.8 Å². The summed E-state index contributed by atoms with van der Waals surface area (Å²) >= 11 is 6.26. The number of hydrogen-bond acceptors (Lipinski definition) is 5. The second kappa shape index (κ2) is 15.5. The van der Waals surface area contributed by atoms with E-state index in [9.17, 15) is 22.8 Å². The van der Waals surface area contributed by atoms with Gasteiger partial charge in [0.25, 0.3) is 0 Å². The van der Waals surface area contributed by atoms with E-state index in [4.69, 9.17) is 26.1 Å². The highest BCUT2D eigenvalue weighted by atomic mass is 35.5. The third-order valence-electron chi connectivity index (χ3n) is 9.86. The summed E-state index contributed by atoms with van der Waals surface area (Å²) in [6.45, 7) is 7.62. The third-order valence-corrected chi connectivity index (χ3v) is 10.2. The maximum atomic E-state index is 14.1. The maximum absolute atomic E-state index is 14.1. The monoisotopic (exact) mass is 719 g/mol. The molecular weight excluding hydrogens is 679 g/mol. The van der Waals surface area contributed by atoms with Crippen molar-refractivity contribution in [3.8, 4) is 0 Å². The van der Waals surface area contributed by atoms with E-state index >= 15 is 0 Å². The van der Waals surface area contributed by atoms with Crippen LogP contribution in [0.15, 0.2) is 66.7 Å². The van der Waals surface area contributed by atoms with Gasteiger partial charge in [-0.3, -0.25) is 9.59 Å². The predicted octanol–water partition coefficient (Wildman–Crippen LogP) is 8.85. The molecule has 0 bridgehead atoms. The molecule has 0 spiro atoms. The minimum atomic E-state index is -4.66. The second-order valence-corrected chi connectivity index (χ2v) is 13.5. The standard InChI is InChI=1S/C40H41ClF3N3O4/c1-4-51-35(48)15-14-30-24(2)36-31-20-33(41)32(40(42,43)44)21-34(31)47(38(36)46-25(30)3)23-27-10-12-28(13-11-27)37(29-16-18-50-19-17-29)39(49)45-22-26-8-6-5-7-9-26/h5-13,20-21,29,37H,4,14-19,22-23H2,1-3H3,(H,45,49). The molecule has 0 saturated carbocycles. The van der Waals surface area contributed by atoms with Crippen LogP contribution in [0.1, 0.15) is 71.2 Å². The van der Waals surface area contributed by atoms with Gasteiger partial charge in [0.1, 0.15) is 5.65 Å². The summed E-state index contributed by atoms with van der Waals surface area (Å²) in [7, 11) is 0. The van der Waals surface area contributed by atoms with Crippen LogP contribution in [0.5, 0.6) is 0 Å². The lowest BCUT2D eigenvalue weighted by Gasteiger charge is -2.30. The van der Waals surface area contributed by atoms with Crippen LogP contribution in [0.25, 0.3) is 21.9 Å². The minimum Gasteiger partial charge on any atom is -0.466 e. The fourth-order valence-electron chi connectivity index (χ4n) is 7.29. The van der Waals surface area contributed by atoms with Gasteiger partial charge in [-0.25, -0.2) is 4.98 Å². The molecule has 1 N–H and O–H groups in total. The Hall–Kier alpha value is -4.41. The molecule has 3 aromatic carbocycles. The van der Waals surface area contributed by atoms with Gasteiger partial charge in [0.15, 0.2) is 0 Å². The van der Waals surface area contributed by atoms with Crippen LogP contribution in [0.2, 0.25) is 5.02 Å². The molecule has 1 fully saturated rings. The second-order valence-electron chi connectivity index (χ2n) is 13.1. The van der Waals surface area contributed by atoms with Gasteiger partial charge in [-0.1, -0.05) is 66.2 Å². The molecule has 1 unspecified atom stereocenters. The van der Waals surface area contributed by atoms with Gasteiger partial charge in [-0.05, 0) is 85.9 Å². The van der Waals surface area contributed by atoms with Gasteiger partial charge in [-0.2, -0.15) is 13.2 Å². The fourth-order valence-corrected chi connectivity index (χ4v) is 7.56. The molecule has 1 saturated heterocycles. The van der Waals surface area contributed by atoms with Crippen LogP contribution in [-0.2, 0) is 44.7 Å². The lowest BCUT2D eigenvalue weighted by molar-refractivity contribution is -0.143. The molecule has 1 aliphatic rings. The van der Waals surface area contributed by atoms with E-state index in [0.717, 1.165) is 46.7 Å². The van der Waals surface area contributed by atoms with Crippen molar-refractivity contribution >= 4 is 45.4 Å². The Kier molecular flexibility index (Phi) is 11.0. The Balaban J connectivity index is 1.37. The first-order valence-corrected chi connectivity index (χ1v) is 17.7. The average molecular weight is 720 g/mol. The van der Waals surface area contributed by atoms with Gasteiger partial charge >= 0.3 is 12.1 Å². The van der Waals surface area contributed by atoms with E-state index in [-0.39, 0.29) is 43.3 Å². The number of fused-ring (bicyclic) bond motifs is 3. The summed E-state index contributed by atoms with van der Waals surface area (Å²) in [6.07, 6.45) is -2.58. The molecule has 5 aromatic rings. The summed E-state index contributed by atoms with van der Waals surface area (Å²) in [6, 6.07) is 20.0. The van der Waals surface area contributed by atoms with E-state index < -0.39 is 16.8 Å². The zero-order valence-corrected chi connectivity index (χ0v) is 29.7. The number of alkyl halides is 3. The summed E-state index contributed by atoms with van der Waals surface area (Å²) in [5.41, 5.74) is 5.04. The van der Waals surface area contributed by atoms with Crippen molar-refractivity contribution in [1.29, 1.82) is 0 Å². The SMILES string of the molecule is CCOC(=O)CCc1c(C)nc2c(c1C)c1cc(Cl)c(C(F)(F)F)cc1n2Cc1ccc(C(C(=O)NCc2ccccc2)C2CCOCC2)cc1. The predicted molar refractivity (Wildman–Crippen MR) is 192 cm³/mol. The third kappa shape index (κ3) is 7.92. The molecule has 51 heavy (non-hydrogen) atoms. The van der Waals surface area contributed by atoms with Gasteiger partial charge in [0, 0.05) is 49.2 Å². The van der Waals surface area contributed by atoms with Crippen molar-refractivity contribution < 1.29 is 32.2 Å². The fraction of sp³-hybridized carbons (Fsp3) is 0.375. The number of ether oxygens (including phenoxy) is 2. The number of amides is 1. The molecule has 268 valence electrons. The smallest absolute Gasteiger partial charge is 0.417 e. The number of aromatic nitrogens is 2. The van der Waals surface area contributed by atoms with Gasteiger partial charge in [-0.15, -0.1) is 0 Å². The van der Waals surface area contributed by atoms with Gasteiger partial charge in [0.05, 0.1) is 28.6 Å². The Labute approximate surface area is 300 Å². The molecule has 1 atom stereocenters. The number of esters is 1. The van der Waals surface area contributed by atoms with Crippen molar-refractivity contribution in [1.82, 2.24) is 14.9 Å². The van der Waals surface area contributed by atoms with Crippen molar-refractivity contribution in [2.75, 3.05) is 19.8 Å². The Bertz CT molecular complexity index is 2040. The number of benzene rings is 3. The van der Waals surface area contributed by atoms with E-state index in [0.29, 0.717) is 53.8 Å². The zero-order chi connectivity index (χ0) is 36.3. The van der Waals surface area contributed by atoms with Crippen LogP contribution < -0.4 is 5.32 Å².